The lowest BCUT2D eigenvalue weighted by molar-refractivity contribution is -0.123. The number of amides is 2. The summed E-state index contributed by atoms with van der Waals surface area (Å²) in [5.74, 6) is -1.33. The van der Waals surface area contributed by atoms with Crippen molar-refractivity contribution in [2.24, 2.45) is 5.92 Å². The standard InChI is InChI=1S/C20H24N2O4S/c1-12(2)10-16(22-18(23)15-7-5-4-6-13(15)3)19(24)21-11-14-8-9-17(27-14)20(25)26/h4-9,12,16H,10-11H2,1-3H3,(H,21,24)(H,22,23)(H,25,26). The molecular formula is C20H24N2O4S. The first-order valence-electron chi connectivity index (χ1n) is 8.74. The summed E-state index contributed by atoms with van der Waals surface area (Å²) in [4.78, 5) is 37.1. The number of carboxylic acid groups (broad SMARTS) is 1. The van der Waals surface area contributed by atoms with Gasteiger partial charge in [0.1, 0.15) is 10.9 Å². The van der Waals surface area contributed by atoms with Crippen molar-refractivity contribution in [2.45, 2.75) is 39.8 Å². The highest BCUT2D eigenvalue weighted by Crippen LogP contribution is 2.16. The van der Waals surface area contributed by atoms with Crippen LogP contribution in [0.25, 0.3) is 0 Å². The van der Waals surface area contributed by atoms with Gasteiger partial charge in [0.15, 0.2) is 0 Å². The molecule has 0 aliphatic carbocycles. The van der Waals surface area contributed by atoms with Crippen LogP contribution >= 0.6 is 11.3 Å². The van der Waals surface area contributed by atoms with Gasteiger partial charge in [-0.25, -0.2) is 4.79 Å². The van der Waals surface area contributed by atoms with Crippen LogP contribution in [0.1, 0.15) is 50.7 Å². The molecule has 0 radical (unpaired) electrons. The average molecular weight is 388 g/mol. The largest absolute Gasteiger partial charge is 0.477 e. The molecule has 1 unspecified atom stereocenters. The van der Waals surface area contributed by atoms with Gasteiger partial charge in [0.05, 0.1) is 6.54 Å². The lowest BCUT2D eigenvalue weighted by atomic mass is 10.0. The number of hydrogen-bond donors (Lipinski definition) is 3. The third-order valence-electron chi connectivity index (χ3n) is 4.03. The zero-order valence-electron chi connectivity index (χ0n) is 15.6. The maximum Gasteiger partial charge on any atom is 0.345 e. The molecule has 0 bridgehead atoms. The number of carboxylic acids is 1. The number of nitrogens with one attached hydrogen (secondary N) is 2. The van der Waals surface area contributed by atoms with Crippen molar-refractivity contribution in [3.63, 3.8) is 0 Å². The molecule has 0 fully saturated rings. The summed E-state index contributed by atoms with van der Waals surface area (Å²) >= 11 is 1.12. The molecule has 0 aliphatic heterocycles. The van der Waals surface area contributed by atoms with Crippen LogP contribution < -0.4 is 10.6 Å². The fourth-order valence-electron chi connectivity index (χ4n) is 2.65. The summed E-state index contributed by atoms with van der Waals surface area (Å²) in [6.07, 6.45) is 0.508. The Balaban J connectivity index is 2.03. The minimum Gasteiger partial charge on any atom is -0.477 e. The molecule has 1 atom stereocenters. The van der Waals surface area contributed by atoms with E-state index in [0.717, 1.165) is 21.8 Å². The second kappa shape index (κ2) is 9.32. The van der Waals surface area contributed by atoms with Crippen LogP contribution in [0.3, 0.4) is 0 Å². The maximum atomic E-state index is 12.6. The van der Waals surface area contributed by atoms with Gasteiger partial charge < -0.3 is 15.7 Å². The van der Waals surface area contributed by atoms with Gasteiger partial charge in [-0.2, -0.15) is 0 Å². The minimum atomic E-state index is -0.985. The van der Waals surface area contributed by atoms with E-state index < -0.39 is 12.0 Å². The fraction of sp³-hybridized carbons (Fsp3) is 0.350. The van der Waals surface area contributed by atoms with Gasteiger partial charge >= 0.3 is 5.97 Å². The van der Waals surface area contributed by atoms with Crippen molar-refractivity contribution in [1.29, 1.82) is 0 Å². The lowest BCUT2D eigenvalue weighted by Gasteiger charge is -2.20. The summed E-state index contributed by atoms with van der Waals surface area (Å²) in [7, 11) is 0. The molecule has 144 valence electrons. The predicted octanol–water partition coefficient (Wildman–Crippen LogP) is 3.22. The van der Waals surface area contributed by atoms with Crippen molar-refractivity contribution in [3.8, 4) is 0 Å². The number of hydrogen-bond acceptors (Lipinski definition) is 4. The predicted molar refractivity (Wildman–Crippen MR) is 105 cm³/mol. The van der Waals surface area contributed by atoms with Gasteiger partial charge in [0, 0.05) is 10.4 Å². The Morgan fingerprint density at radius 2 is 1.81 bits per heavy atom. The SMILES string of the molecule is Cc1ccccc1C(=O)NC(CC(C)C)C(=O)NCc1ccc(C(=O)O)s1. The Bertz CT molecular complexity index is 829. The number of aryl methyl sites for hydroxylation is 1. The van der Waals surface area contributed by atoms with Crippen molar-refractivity contribution in [1.82, 2.24) is 10.6 Å². The van der Waals surface area contributed by atoms with Crippen LogP contribution in [-0.2, 0) is 11.3 Å². The molecule has 0 spiro atoms. The molecule has 0 saturated carbocycles. The average Bonchev–Trinajstić information content (AvgIpc) is 3.08. The van der Waals surface area contributed by atoms with Crippen LogP contribution in [0.4, 0.5) is 0 Å². The monoisotopic (exact) mass is 388 g/mol. The van der Waals surface area contributed by atoms with Gasteiger partial charge in [-0.05, 0) is 43.0 Å². The summed E-state index contributed by atoms with van der Waals surface area (Å²) in [6, 6.07) is 9.76. The normalized spacial score (nSPS) is 11.9. The molecule has 1 aromatic heterocycles. The second-order valence-corrected chi connectivity index (χ2v) is 7.93. The van der Waals surface area contributed by atoms with Gasteiger partial charge in [0.2, 0.25) is 5.91 Å². The zero-order chi connectivity index (χ0) is 20.0. The third kappa shape index (κ3) is 5.92. The molecule has 7 heteroatoms. The fourth-order valence-corrected chi connectivity index (χ4v) is 3.44. The highest BCUT2D eigenvalue weighted by atomic mass is 32.1. The van der Waals surface area contributed by atoms with Gasteiger partial charge in [-0.1, -0.05) is 32.0 Å². The molecule has 0 saturated heterocycles. The van der Waals surface area contributed by atoms with E-state index in [2.05, 4.69) is 10.6 Å². The van der Waals surface area contributed by atoms with Crippen LogP contribution in [-0.4, -0.2) is 28.9 Å². The Kier molecular flexibility index (Phi) is 7.12. The highest BCUT2D eigenvalue weighted by Gasteiger charge is 2.23. The summed E-state index contributed by atoms with van der Waals surface area (Å²) in [6.45, 7) is 6.05. The number of thiophene rings is 1. The second-order valence-electron chi connectivity index (χ2n) is 6.76. The van der Waals surface area contributed by atoms with E-state index in [1.54, 1.807) is 18.2 Å². The van der Waals surface area contributed by atoms with Crippen molar-refractivity contribution in [2.75, 3.05) is 0 Å². The Hall–Kier alpha value is -2.67. The number of carbonyl (C=O) groups is 3. The van der Waals surface area contributed by atoms with Crippen molar-refractivity contribution < 1.29 is 19.5 Å². The van der Waals surface area contributed by atoms with Crippen LogP contribution in [0.15, 0.2) is 36.4 Å². The van der Waals surface area contributed by atoms with E-state index >= 15 is 0 Å². The minimum absolute atomic E-state index is 0.221. The van der Waals surface area contributed by atoms with E-state index in [9.17, 15) is 14.4 Å². The van der Waals surface area contributed by atoms with E-state index in [0.29, 0.717) is 12.0 Å². The van der Waals surface area contributed by atoms with Crippen LogP contribution in [0.5, 0.6) is 0 Å². The number of benzene rings is 1. The van der Waals surface area contributed by atoms with Gasteiger partial charge in [0.25, 0.3) is 5.91 Å². The number of carbonyl (C=O) groups excluding carboxylic acids is 2. The number of rotatable bonds is 8. The first-order chi connectivity index (χ1) is 12.8. The molecule has 1 heterocycles. The third-order valence-corrected chi connectivity index (χ3v) is 5.10. The Labute approximate surface area is 162 Å². The van der Waals surface area contributed by atoms with Crippen molar-refractivity contribution >= 4 is 29.1 Å². The molecular weight excluding hydrogens is 364 g/mol. The number of aromatic carboxylic acids is 1. The van der Waals surface area contributed by atoms with Gasteiger partial charge in [-0.3, -0.25) is 9.59 Å². The molecule has 6 nitrogen and oxygen atoms in total. The van der Waals surface area contributed by atoms with Crippen LogP contribution in [0.2, 0.25) is 0 Å². The van der Waals surface area contributed by atoms with E-state index in [4.69, 9.17) is 5.11 Å². The molecule has 27 heavy (non-hydrogen) atoms. The van der Waals surface area contributed by atoms with Gasteiger partial charge in [-0.15, -0.1) is 11.3 Å². The lowest BCUT2D eigenvalue weighted by Crippen LogP contribution is -2.47. The van der Waals surface area contributed by atoms with Crippen LogP contribution in [0, 0.1) is 12.8 Å². The van der Waals surface area contributed by atoms with E-state index in [1.807, 2.05) is 32.9 Å². The quantitative estimate of drug-likeness (QED) is 0.647. The summed E-state index contributed by atoms with van der Waals surface area (Å²) < 4.78 is 0. The topological polar surface area (TPSA) is 95.5 Å². The Morgan fingerprint density at radius 1 is 1.11 bits per heavy atom. The molecule has 1 aromatic carbocycles. The van der Waals surface area contributed by atoms with E-state index in [1.165, 1.54) is 6.07 Å². The molecule has 3 N–H and O–H groups in total. The van der Waals surface area contributed by atoms with Crippen molar-refractivity contribution in [3.05, 3.63) is 57.3 Å². The highest BCUT2D eigenvalue weighted by molar-refractivity contribution is 7.13. The molecule has 2 aromatic rings. The molecule has 2 rings (SSSR count). The Morgan fingerprint density at radius 3 is 2.41 bits per heavy atom. The summed E-state index contributed by atoms with van der Waals surface area (Å²) in [5, 5.41) is 14.6. The van der Waals surface area contributed by atoms with E-state index in [-0.39, 0.29) is 29.2 Å². The first-order valence-corrected chi connectivity index (χ1v) is 9.55. The summed E-state index contributed by atoms with van der Waals surface area (Å²) in [5.41, 5.74) is 1.39. The zero-order valence-corrected chi connectivity index (χ0v) is 16.4. The maximum absolute atomic E-state index is 12.6. The molecule has 0 aliphatic rings. The first kappa shape index (κ1) is 20.6. The molecule has 2 amide bonds. The smallest absolute Gasteiger partial charge is 0.345 e.